The third-order valence-electron chi connectivity index (χ3n) is 7.88. The summed E-state index contributed by atoms with van der Waals surface area (Å²) in [5.41, 5.74) is 12.3. The first-order chi connectivity index (χ1) is 18.4. The average Bonchev–Trinajstić information content (AvgIpc) is 2.88. The summed E-state index contributed by atoms with van der Waals surface area (Å²) in [6.07, 6.45) is 1.61. The maximum absolute atomic E-state index is 6.33. The quantitative estimate of drug-likeness (QED) is 0.161. The Labute approximate surface area is 241 Å². The fourth-order valence-electron chi connectivity index (χ4n) is 5.89. The van der Waals surface area contributed by atoms with E-state index in [1.807, 2.05) is 0 Å². The molecule has 0 N–H and O–H groups in total. The highest BCUT2D eigenvalue weighted by molar-refractivity contribution is 7.80. The van der Waals surface area contributed by atoms with Crippen LogP contribution in [0.5, 0.6) is 0 Å². The Morgan fingerprint density at radius 1 is 0.718 bits per heavy atom. The van der Waals surface area contributed by atoms with Crippen molar-refractivity contribution >= 4 is 22.7 Å². The van der Waals surface area contributed by atoms with Gasteiger partial charge in [0.15, 0.2) is 0 Å². The first kappa shape index (κ1) is 28.7. The van der Waals surface area contributed by atoms with Gasteiger partial charge in [-0.2, -0.15) is 0 Å². The van der Waals surface area contributed by atoms with E-state index in [2.05, 4.69) is 146 Å². The van der Waals surface area contributed by atoms with E-state index in [4.69, 9.17) is 12.2 Å². The largest absolute Gasteiger partial charge is 0.0955 e. The molecule has 0 aliphatic carbocycles. The Morgan fingerprint density at radius 3 is 1.87 bits per heavy atom. The van der Waals surface area contributed by atoms with Gasteiger partial charge in [-0.1, -0.05) is 141 Å². The van der Waals surface area contributed by atoms with Crippen molar-refractivity contribution in [3.8, 4) is 0 Å². The van der Waals surface area contributed by atoms with Crippen LogP contribution in [0.3, 0.4) is 0 Å². The summed E-state index contributed by atoms with van der Waals surface area (Å²) < 4.78 is 0. The van der Waals surface area contributed by atoms with Crippen LogP contribution in [0, 0.1) is 20.8 Å². The summed E-state index contributed by atoms with van der Waals surface area (Å²) >= 11 is 6.33. The molecule has 4 aromatic carbocycles. The molecule has 0 saturated heterocycles. The second-order valence-electron chi connectivity index (χ2n) is 12.4. The van der Waals surface area contributed by atoms with Crippen molar-refractivity contribution in [2.45, 2.75) is 72.1 Å². The number of aryl methyl sites for hydroxylation is 3. The average molecular weight is 531 g/mol. The van der Waals surface area contributed by atoms with E-state index in [0.29, 0.717) is 0 Å². The second-order valence-corrected chi connectivity index (χ2v) is 12.9. The molecule has 39 heavy (non-hydrogen) atoms. The Bertz CT molecular complexity index is 1460. The highest BCUT2D eigenvalue weighted by atomic mass is 32.1. The van der Waals surface area contributed by atoms with Crippen LogP contribution in [0.1, 0.15) is 84.2 Å². The number of rotatable bonds is 8. The maximum Gasteiger partial charge on any atom is 0.0291 e. The van der Waals surface area contributed by atoms with Crippen LogP contribution in [0.2, 0.25) is 0 Å². The summed E-state index contributed by atoms with van der Waals surface area (Å²) in [5.74, 6) is 0. The first-order valence-electron chi connectivity index (χ1n) is 13.9. The summed E-state index contributed by atoms with van der Waals surface area (Å²) in [4.78, 5) is 1.000. The minimum absolute atomic E-state index is 0.0584. The van der Waals surface area contributed by atoms with E-state index < -0.39 is 0 Å². The normalized spacial score (nSPS) is 13.1. The van der Waals surface area contributed by atoms with E-state index in [9.17, 15) is 0 Å². The topological polar surface area (TPSA) is 0 Å². The van der Waals surface area contributed by atoms with Crippen molar-refractivity contribution < 1.29 is 0 Å². The van der Waals surface area contributed by atoms with Gasteiger partial charge in [0, 0.05) is 10.3 Å². The third-order valence-corrected chi connectivity index (χ3v) is 8.26. The van der Waals surface area contributed by atoms with E-state index in [1.165, 1.54) is 44.5 Å². The lowest BCUT2D eigenvalue weighted by molar-refractivity contribution is 0.533. The van der Waals surface area contributed by atoms with Gasteiger partial charge in [-0.3, -0.25) is 0 Å². The molecule has 200 valence electrons. The fourth-order valence-corrected chi connectivity index (χ4v) is 6.26. The van der Waals surface area contributed by atoms with Gasteiger partial charge in [0.25, 0.3) is 0 Å². The summed E-state index contributed by atoms with van der Waals surface area (Å²) in [5, 5.41) is 0. The number of thiocarbonyl (C=S) groups is 1. The van der Waals surface area contributed by atoms with Crippen LogP contribution in [0.25, 0.3) is 5.57 Å². The fraction of sp³-hybridized carbons (Fsp3) is 0.289. The highest BCUT2D eigenvalue weighted by Gasteiger charge is 2.36. The van der Waals surface area contributed by atoms with Crippen LogP contribution in [-0.4, -0.2) is 4.86 Å². The Balaban J connectivity index is 1.94. The molecular formula is C38H42S. The molecule has 0 fully saturated rings. The molecule has 0 aliphatic rings. The molecule has 4 aromatic rings. The van der Waals surface area contributed by atoms with Gasteiger partial charge in [0.2, 0.25) is 0 Å². The Kier molecular flexibility index (Phi) is 8.42. The molecule has 1 heteroatoms. The van der Waals surface area contributed by atoms with Crippen LogP contribution in [-0.2, 0) is 17.3 Å². The second kappa shape index (κ2) is 11.4. The molecular weight excluding hydrogens is 488 g/mol. The maximum atomic E-state index is 6.33. The van der Waals surface area contributed by atoms with Crippen LogP contribution >= 0.6 is 12.2 Å². The van der Waals surface area contributed by atoms with Gasteiger partial charge in [0.1, 0.15) is 0 Å². The molecule has 4 rings (SSSR count). The predicted molar refractivity (Wildman–Crippen MR) is 174 cm³/mol. The Hall–Kier alpha value is -3.29. The van der Waals surface area contributed by atoms with Crippen molar-refractivity contribution in [2.75, 3.05) is 0 Å². The molecule has 0 amide bonds. The van der Waals surface area contributed by atoms with Gasteiger partial charge in [-0.25, -0.2) is 0 Å². The molecule has 1 unspecified atom stereocenters. The first-order valence-corrected chi connectivity index (χ1v) is 14.3. The monoisotopic (exact) mass is 530 g/mol. The van der Waals surface area contributed by atoms with E-state index in [-0.39, 0.29) is 10.8 Å². The van der Waals surface area contributed by atoms with Crippen LogP contribution < -0.4 is 0 Å². The van der Waals surface area contributed by atoms with Crippen LogP contribution in [0.15, 0.2) is 97.6 Å². The minimum atomic E-state index is -0.324. The molecule has 0 radical (unpaired) electrons. The summed E-state index contributed by atoms with van der Waals surface area (Å²) in [6, 6.07) is 33.6. The molecule has 0 bridgehead atoms. The lowest BCUT2D eigenvalue weighted by atomic mass is 9.66. The van der Waals surface area contributed by atoms with Gasteiger partial charge >= 0.3 is 0 Å². The molecule has 1 atom stereocenters. The zero-order valence-corrected chi connectivity index (χ0v) is 25.5. The van der Waals surface area contributed by atoms with Crippen molar-refractivity contribution in [1.29, 1.82) is 0 Å². The van der Waals surface area contributed by atoms with Crippen molar-refractivity contribution in [2.24, 2.45) is 0 Å². The van der Waals surface area contributed by atoms with Crippen molar-refractivity contribution in [1.82, 2.24) is 0 Å². The van der Waals surface area contributed by atoms with E-state index in [0.717, 1.165) is 28.8 Å². The van der Waals surface area contributed by atoms with Gasteiger partial charge < -0.3 is 0 Å². The van der Waals surface area contributed by atoms with Gasteiger partial charge in [-0.15, -0.1) is 0 Å². The van der Waals surface area contributed by atoms with Crippen molar-refractivity contribution in [3.05, 3.63) is 148 Å². The standard InChI is InChI=1S/C38H42S/c1-26(2)31-16-18-33(19-17-31)38(24-30-12-10-9-11-13-30,34-21-27(3)20-28(4)22-34)25-36(39)32-15-14-29(5)35(23-32)37(6,7)8/h9-23H,1,24-25H2,2-8H3. The number of hydrogen-bond donors (Lipinski definition) is 0. The molecule has 0 aromatic heterocycles. The molecule has 0 heterocycles. The lowest BCUT2D eigenvalue weighted by Crippen LogP contribution is -2.34. The zero-order valence-electron chi connectivity index (χ0n) is 24.7. The third kappa shape index (κ3) is 6.48. The molecule has 0 nitrogen and oxygen atoms in total. The lowest BCUT2D eigenvalue weighted by Gasteiger charge is -2.37. The predicted octanol–water partition coefficient (Wildman–Crippen LogP) is 10.3. The van der Waals surface area contributed by atoms with Gasteiger partial charge in [0.05, 0.1) is 0 Å². The van der Waals surface area contributed by atoms with Crippen molar-refractivity contribution in [3.63, 3.8) is 0 Å². The number of hydrogen-bond acceptors (Lipinski definition) is 1. The summed E-state index contributed by atoms with van der Waals surface area (Å²) in [6.45, 7) is 19.7. The minimum Gasteiger partial charge on any atom is -0.0955 e. The number of allylic oxidation sites excluding steroid dienone is 1. The van der Waals surface area contributed by atoms with E-state index >= 15 is 0 Å². The van der Waals surface area contributed by atoms with E-state index in [1.54, 1.807) is 0 Å². The summed E-state index contributed by atoms with van der Waals surface area (Å²) in [7, 11) is 0. The highest BCUT2D eigenvalue weighted by Crippen LogP contribution is 2.42. The molecule has 0 saturated carbocycles. The molecule has 0 spiro atoms. The smallest absolute Gasteiger partial charge is 0.0291 e. The zero-order chi connectivity index (χ0) is 28.4. The molecule has 0 aliphatic heterocycles. The van der Waals surface area contributed by atoms with Crippen LogP contribution in [0.4, 0.5) is 0 Å². The SMILES string of the molecule is C=C(C)c1ccc(C(CC(=S)c2ccc(C)c(C(C)(C)C)c2)(Cc2ccccc2)c2cc(C)cc(C)c2)cc1. The van der Waals surface area contributed by atoms with Gasteiger partial charge in [-0.05, 0) is 91.0 Å². The Morgan fingerprint density at radius 2 is 1.31 bits per heavy atom. The number of benzene rings is 4.